The van der Waals surface area contributed by atoms with Gasteiger partial charge in [-0.05, 0) is 133 Å². The van der Waals surface area contributed by atoms with Crippen molar-refractivity contribution in [1.29, 1.82) is 0 Å². The maximum atomic E-state index is 12.5. The van der Waals surface area contributed by atoms with E-state index in [0.29, 0.717) is 51.9 Å². The summed E-state index contributed by atoms with van der Waals surface area (Å²) in [7, 11) is 0. The van der Waals surface area contributed by atoms with E-state index in [2.05, 4.69) is 24.3 Å². The van der Waals surface area contributed by atoms with Gasteiger partial charge >= 0.3 is 17.9 Å². The highest BCUT2D eigenvalue weighted by Gasteiger charge is 2.56. The van der Waals surface area contributed by atoms with Gasteiger partial charge < -0.3 is 14.6 Å². The Bertz CT molecular complexity index is 1740. The predicted octanol–water partition coefficient (Wildman–Crippen LogP) is 7.57. The number of esters is 2. The molecule has 1 N–H and O–H groups in total. The van der Waals surface area contributed by atoms with Gasteiger partial charge in [-0.15, -0.1) is 0 Å². The second-order valence-corrected chi connectivity index (χ2v) is 12.5. The van der Waals surface area contributed by atoms with Crippen molar-refractivity contribution in [3.05, 3.63) is 130 Å². The number of hydrogen-bond acceptors (Lipinski definition) is 6. The zero-order valence-electron chi connectivity index (χ0n) is 24.5. The van der Waals surface area contributed by atoms with E-state index in [9.17, 15) is 19.2 Å². The van der Waals surface area contributed by atoms with Gasteiger partial charge in [0.2, 0.25) is 0 Å². The molecule has 3 aliphatic carbocycles. The number of fused-ring (bicyclic) bond motifs is 5. The number of hydrogen-bond donors (Lipinski definition) is 1. The van der Waals surface area contributed by atoms with Gasteiger partial charge in [0, 0.05) is 5.56 Å². The van der Waals surface area contributed by atoms with Gasteiger partial charge in [0.1, 0.15) is 17.8 Å². The maximum absolute atomic E-state index is 12.5. The van der Waals surface area contributed by atoms with Crippen molar-refractivity contribution < 1.29 is 33.8 Å². The van der Waals surface area contributed by atoms with Crippen molar-refractivity contribution in [2.75, 3.05) is 0 Å². The highest BCUT2D eigenvalue weighted by Crippen LogP contribution is 2.66. The molecule has 7 rings (SSSR count). The lowest BCUT2D eigenvalue weighted by molar-refractivity contribution is 0.0690. The molecule has 4 aromatic rings. The molecule has 0 aromatic heterocycles. The molecule has 0 heterocycles. The third-order valence-electron chi connectivity index (χ3n) is 10.2. The average molecular weight is 601 g/mol. The van der Waals surface area contributed by atoms with Crippen LogP contribution in [-0.2, 0) is 0 Å². The molecular weight excluding hydrogens is 568 g/mol. The van der Waals surface area contributed by atoms with Gasteiger partial charge in [0.05, 0.1) is 16.7 Å². The monoisotopic (exact) mass is 600 g/mol. The van der Waals surface area contributed by atoms with Crippen LogP contribution in [0, 0.1) is 23.7 Å². The van der Waals surface area contributed by atoms with Gasteiger partial charge in [0.15, 0.2) is 0 Å². The normalized spacial score (nSPS) is 24.5. The van der Waals surface area contributed by atoms with E-state index >= 15 is 0 Å². The largest absolute Gasteiger partial charge is 0.478 e. The molecule has 4 aromatic carbocycles. The van der Waals surface area contributed by atoms with Gasteiger partial charge in [-0.3, -0.25) is 4.79 Å². The minimum atomic E-state index is -1.04. The van der Waals surface area contributed by atoms with E-state index < -0.39 is 17.9 Å². The summed E-state index contributed by atoms with van der Waals surface area (Å²) in [6.07, 6.45) is 5.57. The number of carboxylic acid groups (broad SMARTS) is 1. The molecule has 0 amide bonds. The molecule has 6 unspecified atom stereocenters. The standard InChI is InChI=1S/C38H32O7/c39-21-22-1-3-26(4-2-22)37(42)45-31-15-11-24(12-16-31)32-19-29-20-35(32)34-18-28(17-33(29)34)23-9-13-30(14-10-23)44-38(43)27-7-5-25(6-8-27)36(40)41/h1-16,21,28-29,32-35H,17-20H2,(H,40,41). The zero-order valence-corrected chi connectivity index (χ0v) is 24.5. The zero-order chi connectivity index (χ0) is 31.1. The number of carbonyl (C=O) groups is 4. The Morgan fingerprint density at radius 1 is 0.578 bits per heavy atom. The number of aromatic carboxylic acids is 1. The lowest BCUT2D eigenvalue weighted by Crippen LogP contribution is -2.23. The van der Waals surface area contributed by atoms with E-state index in [1.165, 1.54) is 54.7 Å². The first-order chi connectivity index (χ1) is 21.9. The second-order valence-electron chi connectivity index (χ2n) is 12.5. The lowest BCUT2D eigenvalue weighted by Gasteiger charge is -2.31. The Hall–Kier alpha value is -5.04. The molecule has 7 nitrogen and oxygen atoms in total. The molecule has 2 bridgehead atoms. The lowest BCUT2D eigenvalue weighted by atomic mass is 9.73. The van der Waals surface area contributed by atoms with Crippen LogP contribution in [0.3, 0.4) is 0 Å². The molecule has 7 heteroatoms. The summed E-state index contributed by atoms with van der Waals surface area (Å²) in [5.41, 5.74) is 3.92. The smallest absolute Gasteiger partial charge is 0.343 e. The summed E-state index contributed by atoms with van der Waals surface area (Å²) in [6.45, 7) is 0. The van der Waals surface area contributed by atoms with Crippen LogP contribution in [0.4, 0.5) is 0 Å². The van der Waals surface area contributed by atoms with E-state index in [-0.39, 0.29) is 5.56 Å². The molecular formula is C38H32O7. The molecule has 0 spiro atoms. The second kappa shape index (κ2) is 11.8. The number of carbonyl (C=O) groups excluding carboxylic acids is 3. The molecule has 3 fully saturated rings. The first-order valence-electron chi connectivity index (χ1n) is 15.4. The van der Waals surface area contributed by atoms with Crippen LogP contribution in [0.2, 0.25) is 0 Å². The van der Waals surface area contributed by atoms with E-state index in [1.807, 2.05) is 24.3 Å². The summed E-state index contributed by atoms with van der Waals surface area (Å²) in [6, 6.07) is 27.9. The van der Waals surface area contributed by atoms with Crippen LogP contribution in [0.25, 0.3) is 0 Å². The van der Waals surface area contributed by atoms with Crippen molar-refractivity contribution >= 4 is 24.2 Å². The predicted molar refractivity (Wildman–Crippen MR) is 166 cm³/mol. The third kappa shape index (κ3) is 5.66. The Morgan fingerprint density at radius 2 is 1.09 bits per heavy atom. The van der Waals surface area contributed by atoms with Gasteiger partial charge in [-0.25, -0.2) is 14.4 Å². The van der Waals surface area contributed by atoms with E-state index in [1.54, 1.807) is 24.3 Å². The number of carboxylic acids is 1. The van der Waals surface area contributed by atoms with Crippen molar-refractivity contribution in [2.24, 2.45) is 23.7 Å². The van der Waals surface area contributed by atoms with Crippen LogP contribution < -0.4 is 9.47 Å². The molecule has 226 valence electrons. The highest BCUT2D eigenvalue weighted by molar-refractivity contribution is 5.93. The first kappa shape index (κ1) is 28.7. The SMILES string of the molecule is O=Cc1ccc(C(=O)Oc2ccc(C3CC4CC3C3CC(c5ccc(OC(=O)c6ccc(C(=O)O)cc6)cc5)CC43)cc2)cc1. The average Bonchev–Trinajstić information content (AvgIpc) is 3.79. The Labute approximate surface area is 260 Å². The molecule has 0 radical (unpaired) electrons. The van der Waals surface area contributed by atoms with E-state index in [4.69, 9.17) is 14.6 Å². The first-order valence-corrected chi connectivity index (χ1v) is 15.4. The van der Waals surface area contributed by atoms with E-state index in [0.717, 1.165) is 24.5 Å². The van der Waals surface area contributed by atoms with Crippen LogP contribution in [0.1, 0.15) is 90.1 Å². The fourth-order valence-corrected chi connectivity index (χ4v) is 8.10. The maximum Gasteiger partial charge on any atom is 0.343 e. The fraction of sp³-hybridized carbons (Fsp3) is 0.263. The number of ether oxygens (including phenoxy) is 2. The van der Waals surface area contributed by atoms with Crippen molar-refractivity contribution in [3.8, 4) is 11.5 Å². The van der Waals surface area contributed by atoms with Crippen LogP contribution in [0.15, 0.2) is 97.1 Å². The van der Waals surface area contributed by atoms with Crippen LogP contribution in [0.5, 0.6) is 11.5 Å². The Morgan fingerprint density at radius 3 is 1.64 bits per heavy atom. The van der Waals surface area contributed by atoms with Crippen LogP contribution in [-0.4, -0.2) is 29.3 Å². The molecule has 6 atom stereocenters. The minimum Gasteiger partial charge on any atom is -0.478 e. The molecule has 45 heavy (non-hydrogen) atoms. The summed E-state index contributed by atoms with van der Waals surface area (Å²) in [5.74, 6) is 2.79. The van der Waals surface area contributed by atoms with Gasteiger partial charge in [-0.1, -0.05) is 36.4 Å². The van der Waals surface area contributed by atoms with Gasteiger partial charge in [-0.2, -0.15) is 0 Å². The fourth-order valence-electron chi connectivity index (χ4n) is 8.10. The number of benzene rings is 4. The Balaban J connectivity index is 0.954. The summed E-state index contributed by atoms with van der Waals surface area (Å²) >= 11 is 0. The summed E-state index contributed by atoms with van der Waals surface area (Å²) in [5, 5.41) is 9.05. The van der Waals surface area contributed by atoms with Gasteiger partial charge in [0.25, 0.3) is 0 Å². The molecule has 0 saturated heterocycles. The topological polar surface area (TPSA) is 107 Å². The Kier molecular flexibility index (Phi) is 7.53. The van der Waals surface area contributed by atoms with Crippen molar-refractivity contribution in [1.82, 2.24) is 0 Å². The quantitative estimate of drug-likeness (QED) is 0.126. The summed E-state index contributed by atoms with van der Waals surface area (Å²) in [4.78, 5) is 47.0. The van der Waals surface area contributed by atoms with Crippen molar-refractivity contribution in [3.63, 3.8) is 0 Å². The van der Waals surface area contributed by atoms with Crippen molar-refractivity contribution in [2.45, 2.75) is 37.5 Å². The summed E-state index contributed by atoms with van der Waals surface area (Å²) < 4.78 is 11.1. The molecule has 0 aliphatic heterocycles. The highest BCUT2D eigenvalue weighted by atomic mass is 16.5. The molecule has 3 saturated carbocycles. The number of aldehydes is 1. The van der Waals surface area contributed by atoms with Crippen LogP contribution >= 0.6 is 0 Å². The minimum absolute atomic E-state index is 0.119. The number of rotatable bonds is 8. The third-order valence-corrected chi connectivity index (χ3v) is 10.2. The molecule has 3 aliphatic rings.